The van der Waals surface area contributed by atoms with Crippen LogP contribution >= 0.6 is 0 Å². The topological polar surface area (TPSA) is 12.5 Å². The SMILES string of the molecule is CCN(CC)c1ccccc1C(CC(F)(F)C(F)(F)C(F)(F)C(F)(F)F)OC. The van der Waals surface area contributed by atoms with Crippen LogP contribution in [-0.4, -0.2) is 44.1 Å². The van der Waals surface area contributed by atoms with Gasteiger partial charge in [0.25, 0.3) is 0 Å². The number of anilines is 1. The van der Waals surface area contributed by atoms with Gasteiger partial charge in [-0.15, -0.1) is 0 Å². The minimum absolute atomic E-state index is 0.0282. The Bertz CT molecular complexity index is 642. The van der Waals surface area contributed by atoms with Crippen molar-refractivity contribution < 1.29 is 44.3 Å². The van der Waals surface area contributed by atoms with Crippen LogP contribution in [0.4, 0.5) is 45.2 Å². The first-order chi connectivity index (χ1) is 12.7. The van der Waals surface area contributed by atoms with Crippen molar-refractivity contribution in [2.24, 2.45) is 0 Å². The molecule has 0 bridgehead atoms. The molecule has 0 spiro atoms. The fourth-order valence-corrected chi connectivity index (χ4v) is 2.70. The summed E-state index contributed by atoms with van der Waals surface area (Å²) in [5.74, 6) is -19.3. The van der Waals surface area contributed by atoms with Crippen molar-refractivity contribution in [2.45, 2.75) is 50.3 Å². The molecule has 0 saturated carbocycles. The molecule has 11 heteroatoms. The summed E-state index contributed by atoms with van der Waals surface area (Å²) in [6.07, 6.45) is -10.8. The lowest BCUT2D eigenvalue weighted by molar-refractivity contribution is -0.398. The first-order valence-corrected chi connectivity index (χ1v) is 8.24. The number of hydrogen-bond donors (Lipinski definition) is 0. The maximum Gasteiger partial charge on any atom is 0.460 e. The molecule has 0 saturated heterocycles. The number of hydrogen-bond acceptors (Lipinski definition) is 2. The summed E-state index contributed by atoms with van der Waals surface area (Å²) >= 11 is 0. The quantitative estimate of drug-likeness (QED) is 0.445. The number of methoxy groups -OCH3 is 1. The highest BCUT2D eigenvalue weighted by Gasteiger charge is 2.81. The van der Waals surface area contributed by atoms with Gasteiger partial charge in [-0.1, -0.05) is 18.2 Å². The molecule has 0 aliphatic rings. The van der Waals surface area contributed by atoms with Crippen LogP contribution in [0.2, 0.25) is 0 Å². The molecular weight excluding hydrogens is 405 g/mol. The zero-order valence-corrected chi connectivity index (χ0v) is 15.3. The third-order valence-corrected chi connectivity index (χ3v) is 4.32. The number of rotatable bonds is 9. The molecule has 0 aliphatic carbocycles. The lowest BCUT2D eigenvalue weighted by Crippen LogP contribution is -2.61. The van der Waals surface area contributed by atoms with E-state index in [0.717, 1.165) is 7.11 Å². The van der Waals surface area contributed by atoms with Crippen molar-refractivity contribution in [2.75, 3.05) is 25.1 Å². The molecule has 0 fully saturated rings. The lowest BCUT2D eigenvalue weighted by atomic mass is 9.94. The van der Waals surface area contributed by atoms with Gasteiger partial charge < -0.3 is 9.64 Å². The first-order valence-electron chi connectivity index (χ1n) is 8.24. The lowest BCUT2D eigenvalue weighted by Gasteiger charge is -2.35. The summed E-state index contributed by atoms with van der Waals surface area (Å²) in [6.45, 7) is 4.27. The van der Waals surface area contributed by atoms with E-state index in [2.05, 4.69) is 0 Å². The molecule has 1 unspecified atom stereocenters. The van der Waals surface area contributed by atoms with Gasteiger partial charge >= 0.3 is 23.9 Å². The second-order valence-corrected chi connectivity index (χ2v) is 6.01. The van der Waals surface area contributed by atoms with Gasteiger partial charge in [-0.05, 0) is 19.9 Å². The van der Waals surface area contributed by atoms with Crippen molar-refractivity contribution in [3.05, 3.63) is 29.8 Å². The Labute approximate surface area is 156 Å². The number of nitrogens with zero attached hydrogens (tertiary/aromatic N) is 1. The van der Waals surface area contributed by atoms with Crippen LogP contribution in [0.3, 0.4) is 0 Å². The average Bonchev–Trinajstić information content (AvgIpc) is 2.60. The summed E-state index contributed by atoms with van der Waals surface area (Å²) in [4.78, 5) is 1.67. The Balaban J connectivity index is 3.34. The van der Waals surface area contributed by atoms with Crippen LogP contribution in [0.5, 0.6) is 0 Å². The molecular formula is C17H20F9NO. The van der Waals surface area contributed by atoms with E-state index in [1.807, 2.05) is 0 Å². The monoisotopic (exact) mass is 425 g/mol. The highest BCUT2D eigenvalue weighted by Crippen LogP contribution is 2.55. The number of ether oxygens (including phenoxy) is 1. The summed E-state index contributed by atoms with van der Waals surface area (Å²) in [7, 11) is 0.875. The van der Waals surface area contributed by atoms with Gasteiger partial charge in [-0.25, -0.2) is 0 Å². The first kappa shape index (κ1) is 24.4. The van der Waals surface area contributed by atoms with Gasteiger partial charge in [-0.2, -0.15) is 39.5 Å². The predicted molar refractivity (Wildman–Crippen MR) is 85.3 cm³/mol. The van der Waals surface area contributed by atoms with E-state index in [1.54, 1.807) is 18.7 Å². The average molecular weight is 425 g/mol. The van der Waals surface area contributed by atoms with Gasteiger partial charge in [0.1, 0.15) is 0 Å². The van der Waals surface area contributed by atoms with Crippen LogP contribution < -0.4 is 4.90 Å². The smallest absolute Gasteiger partial charge is 0.376 e. The maximum atomic E-state index is 14.0. The summed E-state index contributed by atoms with van der Waals surface area (Å²) in [5.41, 5.74) is 0.292. The van der Waals surface area contributed by atoms with Crippen LogP contribution in [0, 0.1) is 0 Å². The largest absolute Gasteiger partial charge is 0.460 e. The molecule has 1 aromatic rings. The number of halogens is 9. The van der Waals surface area contributed by atoms with Crippen molar-refractivity contribution in [1.29, 1.82) is 0 Å². The Kier molecular flexibility index (Phi) is 7.30. The minimum Gasteiger partial charge on any atom is -0.376 e. The summed E-state index contributed by atoms with van der Waals surface area (Å²) < 4.78 is 123. The molecule has 162 valence electrons. The number of alkyl halides is 9. The van der Waals surface area contributed by atoms with Crippen molar-refractivity contribution >= 4 is 5.69 Å². The summed E-state index contributed by atoms with van der Waals surface area (Å²) in [5, 5.41) is 0. The molecule has 1 rings (SSSR count). The third kappa shape index (κ3) is 4.33. The van der Waals surface area contributed by atoms with Crippen LogP contribution in [0.1, 0.15) is 31.9 Å². The molecule has 1 atom stereocenters. The van der Waals surface area contributed by atoms with Gasteiger partial charge in [-0.3, -0.25) is 0 Å². The number of para-hydroxylation sites is 1. The standard InChI is InChI=1S/C17H20F9NO/c1-4-27(5-2)12-9-7-6-8-11(12)13(28-3)10-14(18,19)15(20,21)16(22,23)17(24,25)26/h6-9,13H,4-5,10H2,1-3H3. The van der Waals surface area contributed by atoms with E-state index in [1.165, 1.54) is 24.3 Å². The fraction of sp³-hybridized carbons (Fsp3) is 0.647. The van der Waals surface area contributed by atoms with E-state index in [-0.39, 0.29) is 5.56 Å². The zero-order valence-electron chi connectivity index (χ0n) is 15.3. The number of benzene rings is 1. The van der Waals surface area contributed by atoms with Crippen molar-refractivity contribution in [3.63, 3.8) is 0 Å². The molecule has 0 amide bonds. The second kappa shape index (κ2) is 8.38. The highest BCUT2D eigenvalue weighted by atomic mass is 19.4. The van der Waals surface area contributed by atoms with Gasteiger partial charge in [0.05, 0.1) is 6.10 Å². The van der Waals surface area contributed by atoms with Gasteiger partial charge in [0.15, 0.2) is 0 Å². The molecule has 0 aromatic heterocycles. The van der Waals surface area contributed by atoms with Gasteiger partial charge in [0, 0.05) is 37.9 Å². The van der Waals surface area contributed by atoms with Gasteiger partial charge in [0.2, 0.25) is 0 Å². The van der Waals surface area contributed by atoms with Crippen LogP contribution in [0.15, 0.2) is 24.3 Å². The van der Waals surface area contributed by atoms with E-state index in [9.17, 15) is 39.5 Å². The Morgan fingerprint density at radius 2 is 1.36 bits per heavy atom. The van der Waals surface area contributed by atoms with E-state index in [4.69, 9.17) is 4.74 Å². The Morgan fingerprint density at radius 1 is 0.857 bits per heavy atom. The molecule has 0 heterocycles. The molecule has 1 aromatic carbocycles. The van der Waals surface area contributed by atoms with E-state index >= 15 is 0 Å². The van der Waals surface area contributed by atoms with E-state index in [0.29, 0.717) is 18.8 Å². The normalized spacial score (nSPS) is 14.9. The predicted octanol–water partition coefficient (Wildman–Crippen LogP) is 6.08. The van der Waals surface area contributed by atoms with Crippen LogP contribution in [0.25, 0.3) is 0 Å². The molecule has 0 radical (unpaired) electrons. The highest BCUT2D eigenvalue weighted by molar-refractivity contribution is 5.54. The maximum absolute atomic E-state index is 14.0. The fourth-order valence-electron chi connectivity index (χ4n) is 2.70. The third-order valence-electron chi connectivity index (χ3n) is 4.32. The van der Waals surface area contributed by atoms with E-state index < -0.39 is 36.5 Å². The molecule has 28 heavy (non-hydrogen) atoms. The van der Waals surface area contributed by atoms with Crippen LogP contribution in [-0.2, 0) is 4.74 Å². The Morgan fingerprint density at radius 3 is 1.79 bits per heavy atom. The minimum atomic E-state index is -6.92. The molecule has 0 N–H and O–H groups in total. The zero-order chi connectivity index (χ0) is 22.0. The molecule has 2 nitrogen and oxygen atoms in total. The second-order valence-electron chi connectivity index (χ2n) is 6.01. The summed E-state index contributed by atoms with van der Waals surface area (Å²) in [6, 6.07) is 5.66. The van der Waals surface area contributed by atoms with Crippen molar-refractivity contribution in [1.82, 2.24) is 0 Å². The molecule has 0 aliphatic heterocycles. The Hall–Kier alpha value is -1.65. The van der Waals surface area contributed by atoms with Crippen molar-refractivity contribution in [3.8, 4) is 0 Å².